The molecule has 1 saturated heterocycles. The Labute approximate surface area is 151 Å². The maximum atomic E-state index is 11.8. The van der Waals surface area contributed by atoms with E-state index in [0.29, 0.717) is 30.3 Å². The molecule has 1 N–H and O–H groups in total. The molecule has 1 aromatic heterocycles. The van der Waals surface area contributed by atoms with E-state index in [-0.39, 0.29) is 11.5 Å². The Balaban J connectivity index is 1.93. The highest BCUT2D eigenvalue weighted by atomic mass is 16.6. The van der Waals surface area contributed by atoms with E-state index in [9.17, 15) is 10.1 Å². The third-order valence-electron chi connectivity index (χ3n) is 4.46. The predicted molar refractivity (Wildman–Crippen MR) is 99.3 cm³/mol. The van der Waals surface area contributed by atoms with Gasteiger partial charge >= 0.3 is 5.69 Å². The molecule has 9 heteroatoms. The minimum atomic E-state index is -0.431. The first-order valence-corrected chi connectivity index (χ1v) is 8.50. The third-order valence-corrected chi connectivity index (χ3v) is 4.46. The van der Waals surface area contributed by atoms with Crippen LogP contribution in [-0.4, -0.2) is 59.6 Å². The lowest BCUT2D eigenvalue weighted by Crippen LogP contribution is -2.46. The largest absolute Gasteiger partial charge is 0.495 e. The molecule has 138 valence electrons. The van der Waals surface area contributed by atoms with Crippen molar-refractivity contribution in [2.45, 2.75) is 6.92 Å². The highest BCUT2D eigenvalue weighted by Crippen LogP contribution is 2.36. The van der Waals surface area contributed by atoms with Crippen molar-refractivity contribution in [3.05, 3.63) is 40.7 Å². The van der Waals surface area contributed by atoms with Gasteiger partial charge in [0.1, 0.15) is 12.1 Å². The molecule has 0 spiro atoms. The Morgan fingerprint density at radius 2 is 1.96 bits per heavy atom. The fourth-order valence-electron chi connectivity index (χ4n) is 3.01. The number of nitrogens with one attached hydrogen (secondary N) is 1. The molecule has 2 heterocycles. The van der Waals surface area contributed by atoms with Gasteiger partial charge in [-0.25, -0.2) is 9.97 Å². The number of para-hydroxylation sites is 2. The first kappa shape index (κ1) is 17.9. The van der Waals surface area contributed by atoms with E-state index in [1.54, 1.807) is 19.2 Å². The van der Waals surface area contributed by atoms with Gasteiger partial charge < -0.3 is 19.9 Å². The maximum Gasteiger partial charge on any atom is 0.353 e. The van der Waals surface area contributed by atoms with Gasteiger partial charge in [0.15, 0.2) is 0 Å². The standard InChI is InChI=1S/C17H22N6O3/c1-3-21-8-10-22(11-9-21)17-15(23(24)25)16(18-12-19-17)20-13-6-4-5-7-14(13)26-2/h4-7,12H,3,8-11H2,1-2H3,(H,18,19,20). The first-order valence-electron chi connectivity index (χ1n) is 8.50. The van der Waals surface area contributed by atoms with Crippen LogP contribution in [0, 0.1) is 10.1 Å². The molecule has 2 aromatic rings. The molecule has 3 rings (SSSR count). The van der Waals surface area contributed by atoms with Gasteiger partial charge in [-0.3, -0.25) is 10.1 Å². The van der Waals surface area contributed by atoms with Crippen LogP contribution >= 0.6 is 0 Å². The lowest BCUT2D eigenvalue weighted by atomic mass is 10.2. The molecule has 0 radical (unpaired) electrons. The zero-order chi connectivity index (χ0) is 18.5. The minimum absolute atomic E-state index is 0.122. The summed E-state index contributed by atoms with van der Waals surface area (Å²) in [5.74, 6) is 1.08. The average Bonchev–Trinajstić information content (AvgIpc) is 2.68. The van der Waals surface area contributed by atoms with E-state index in [1.165, 1.54) is 6.33 Å². The number of anilines is 3. The zero-order valence-electron chi connectivity index (χ0n) is 14.9. The lowest BCUT2D eigenvalue weighted by molar-refractivity contribution is -0.383. The normalized spacial score (nSPS) is 14.9. The highest BCUT2D eigenvalue weighted by Gasteiger charge is 2.29. The molecule has 0 saturated carbocycles. The van der Waals surface area contributed by atoms with Crippen LogP contribution in [0.4, 0.5) is 23.0 Å². The summed E-state index contributed by atoms with van der Waals surface area (Å²) >= 11 is 0. The fourth-order valence-corrected chi connectivity index (χ4v) is 3.01. The first-order chi connectivity index (χ1) is 12.6. The summed E-state index contributed by atoms with van der Waals surface area (Å²) < 4.78 is 5.30. The minimum Gasteiger partial charge on any atom is -0.495 e. The summed E-state index contributed by atoms with van der Waals surface area (Å²) in [6, 6.07) is 7.21. The van der Waals surface area contributed by atoms with Crippen molar-refractivity contribution in [1.29, 1.82) is 0 Å². The van der Waals surface area contributed by atoms with Crippen LogP contribution in [0.15, 0.2) is 30.6 Å². The number of methoxy groups -OCH3 is 1. The Morgan fingerprint density at radius 3 is 2.62 bits per heavy atom. The Hall–Kier alpha value is -2.94. The van der Waals surface area contributed by atoms with E-state index in [2.05, 4.69) is 27.1 Å². The quantitative estimate of drug-likeness (QED) is 0.620. The van der Waals surface area contributed by atoms with Crippen molar-refractivity contribution >= 4 is 23.0 Å². The van der Waals surface area contributed by atoms with Crippen molar-refractivity contribution in [3.63, 3.8) is 0 Å². The Bertz CT molecular complexity index is 777. The zero-order valence-corrected chi connectivity index (χ0v) is 14.9. The molecule has 1 aliphatic heterocycles. The molecule has 1 aromatic carbocycles. The number of nitro groups is 1. The van der Waals surface area contributed by atoms with E-state index < -0.39 is 4.92 Å². The smallest absolute Gasteiger partial charge is 0.353 e. The molecular formula is C17H22N6O3. The maximum absolute atomic E-state index is 11.8. The molecule has 0 aliphatic carbocycles. The summed E-state index contributed by atoms with van der Waals surface area (Å²) in [5, 5.41) is 14.8. The molecule has 26 heavy (non-hydrogen) atoms. The van der Waals surface area contributed by atoms with Gasteiger partial charge in [-0.1, -0.05) is 19.1 Å². The van der Waals surface area contributed by atoms with E-state index in [4.69, 9.17) is 4.74 Å². The average molecular weight is 358 g/mol. The van der Waals surface area contributed by atoms with Gasteiger partial charge in [0.05, 0.1) is 17.7 Å². The number of aromatic nitrogens is 2. The number of piperazine rings is 1. The van der Waals surface area contributed by atoms with Gasteiger partial charge in [-0.05, 0) is 18.7 Å². The second kappa shape index (κ2) is 7.96. The third kappa shape index (κ3) is 3.67. The molecule has 1 fully saturated rings. The van der Waals surface area contributed by atoms with Gasteiger partial charge in [0.2, 0.25) is 11.6 Å². The summed E-state index contributed by atoms with van der Waals surface area (Å²) in [6.07, 6.45) is 1.35. The van der Waals surface area contributed by atoms with Crippen LogP contribution in [-0.2, 0) is 0 Å². The summed E-state index contributed by atoms with van der Waals surface area (Å²) in [5.41, 5.74) is 0.488. The number of likely N-dealkylation sites (N-methyl/N-ethyl adjacent to an activating group) is 1. The van der Waals surface area contributed by atoms with Crippen molar-refractivity contribution in [2.75, 3.05) is 50.1 Å². The summed E-state index contributed by atoms with van der Waals surface area (Å²) in [7, 11) is 1.55. The van der Waals surface area contributed by atoms with Crippen molar-refractivity contribution in [2.24, 2.45) is 0 Å². The van der Waals surface area contributed by atoms with Crippen LogP contribution in [0.25, 0.3) is 0 Å². The van der Waals surface area contributed by atoms with Crippen LogP contribution < -0.4 is 15.0 Å². The van der Waals surface area contributed by atoms with Gasteiger partial charge in [0.25, 0.3) is 0 Å². The summed E-state index contributed by atoms with van der Waals surface area (Å²) in [4.78, 5) is 23.9. The Morgan fingerprint density at radius 1 is 1.23 bits per heavy atom. The molecule has 0 unspecified atom stereocenters. The fraction of sp³-hybridized carbons (Fsp3) is 0.412. The van der Waals surface area contributed by atoms with Gasteiger partial charge in [-0.15, -0.1) is 0 Å². The van der Waals surface area contributed by atoms with Crippen molar-refractivity contribution in [1.82, 2.24) is 14.9 Å². The highest BCUT2D eigenvalue weighted by molar-refractivity contribution is 5.76. The molecule has 0 atom stereocenters. The number of hydrogen-bond donors (Lipinski definition) is 1. The number of hydrogen-bond acceptors (Lipinski definition) is 8. The van der Waals surface area contributed by atoms with Crippen LogP contribution in [0.2, 0.25) is 0 Å². The second-order valence-corrected chi connectivity index (χ2v) is 5.90. The molecule has 0 bridgehead atoms. The van der Waals surface area contributed by atoms with E-state index in [1.807, 2.05) is 17.0 Å². The number of benzene rings is 1. The number of ether oxygens (including phenoxy) is 1. The van der Waals surface area contributed by atoms with E-state index >= 15 is 0 Å². The van der Waals surface area contributed by atoms with Crippen LogP contribution in [0.1, 0.15) is 6.92 Å². The Kier molecular flexibility index (Phi) is 5.47. The monoisotopic (exact) mass is 358 g/mol. The molecule has 1 aliphatic rings. The lowest BCUT2D eigenvalue weighted by Gasteiger charge is -2.34. The second-order valence-electron chi connectivity index (χ2n) is 5.90. The van der Waals surface area contributed by atoms with Crippen molar-refractivity contribution in [3.8, 4) is 5.75 Å². The molecule has 0 amide bonds. The topological polar surface area (TPSA) is 96.7 Å². The van der Waals surface area contributed by atoms with Gasteiger partial charge in [-0.2, -0.15) is 0 Å². The van der Waals surface area contributed by atoms with Crippen molar-refractivity contribution < 1.29 is 9.66 Å². The van der Waals surface area contributed by atoms with Gasteiger partial charge in [0, 0.05) is 26.2 Å². The predicted octanol–water partition coefficient (Wildman–Crippen LogP) is 2.28. The van der Waals surface area contributed by atoms with Crippen LogP contribution in [0.3, 0.4) is 0 Å². The van der Waals surface area contributed by atoms with E-state index in [0.717, 1.165) is 19.6 Å². The summed E-state index contributed by atoms with van der Waals surface area (Å²) in [6.45, 7) is 6.18. The number of rotatable bonds is 6. The molecule has 9 nitrogen and oxygen atoms in total. The SMILES string of the molecule is CCN1CCN(c2ncnc(Nc3ccccc3OC)c2[N+](=O)[O-])CC1. The number of nitrogens with zero attached hydrogens (tertiary/aromatic N) is 5. The molecular weight excluding hydrogens is 336 g/mol. The van der Waals surface area contributed by atoms with Crippen LogP contribution in [0.5, 0.6) is 5.75 Å².